The molecule has 0 atom stereocenters. The van der Waals surface area contributed by atoms with E-state index in [1.165, 1.54) is 67.6 Å². The monoisotopic (exact) mass is 431 g/mol. The molecule has 2 fully saturated rings. The Morgan fingerprint density at radius 2 is 1.75 bits per heavy atom. The Balaban J connectivity index is 1.27. The number of carbonyl (C=O) groups is 1. The highest BCUT2D eigenvalue weighted by Gasteiger charge is 2.27. The first kappa shape index (κ1) is 21.7. The fourth-order valence-corrected chi connectivity index (χ4v) is 5.37. The molecule has 1 amide bonds. The molecule has 2 aliphatic heterocycles. The van der Waals surface area contributed by atoms with E-state index in [4.69, 9.17) is 0 Å². The summed E-state index contributed by atoms with van der Waals surface area (Å²) >= 11 is 0. The number of hydrogen-bond acceptors (Lipinski definition) is 3. The Morgan fingerprint density at radius 3 is 2.53 bits per heavy atom. The van der Waals surface area contributed by atoms with Gasteiger partial charge in [-0.1, -0.05) is 48.5 Å². The maximum atomic E-state index is 13.5. The van der Waals surface area contributed by atoms with Gasteiger partial charge in [-0.2, -0.15) is 0 Å². The number of likely N-dealkylation sites (tertiary alicyclic amines) is 1. The number of nitrogens with zero attached hydrogens (tertiary/aromatic N) is 3. The predicted octanol–water partition coefficient (Wildman–Crippen LogP) is 4.12. The lowest BCUT2D eigenvalue weighted by molar-refractivity contribution is -0.131. The minimum absolute atomic E-state index is 0.266. The van der Waals surface area contributed by atoms with Crippen LogP contribution in [0.1, 0.15) is 47.9 Å². The van der Waals surface area contributed by atoms with Crippen LogP contribution in [0.2, 0.25) is 0 Å². The van der Waals surface area contributed by atoms with E-state index >= 15 is 0 Å². The third kappa shape index (κ3) is 5.60. The molecular formula is C28H37N3O. The van der Waals surface area contributed by atoms with Crippen LogP contribution in [0.4, 0.5) is 0 Å². The van der Waals surface area contributed by atoms with Gasteiger partial charge in [-0.25, -0.2) is 0 Å². The summed E-state index contributed by atoms with van der Waals surface area (Å²) in [7, 11) is 0. The Morgan fingerprint density at radius 1 is 0.938 bits per heavy atom. The summed E-state index contributed by atoms with van der Waals surface area (Å²) in [6, 6.07) is 17.1. The van der Waals surface area contributed by atoms with Crippen molar-refractivity contribution in [3.05, 3.63) is 70.8 Å². The fourth-order valence-electron chi connectivity index (χ4n) is 5.37. The Labute approximate surface area is 193 Å². The number of hydrogen-bond donors (Lipinski definition) is 0. The standard InChI is InChI=1S/C28H37N3O/c32-28(31(18-17-29-14-4-5-15-29)21-23-7-2-1-3-8-23)19-25-9-6-10-26-22-30(16-13-27(25)26)20-24-11-12-24/h1-3,6-10,24H,4-5,11-22H2. The number of amides is 1. The van der Waals surface area contributed by atoms with Gasteiger partial charge in [0.1, 0.15) is 0 Å². The highest BCUT2D eigenvalue weighted by atomic mass is 16.2. The first-order valence-corrected chi connectivity index (χ1v) is 12.6. The molecule has 0 aromatic heterocycles. The van der Waals surface area contributed by atoms with Crippen molar-refractivity contribution in [3.8, 4) is 0 Å². The summed E-state index contributed by atoms with van der Waals surface area (Å²) < 4.78 is 0. The van der Waals surface area contributed by atoms with Crippen molar-refractivity contribution in [3.63, 3.8) is 0 Å². The van der Waals surface area contributed by atoms with Gasteiger partial charge in [-0.05, 0) is 73.4 Å². The maximum Gasteiger partial charge on any atom is 0.227 e. The van der Waals surface area contributed by atoms with Gasteiger partial charge in [-0.15, -0.1) is 0 Å². The summed E-state index contributed by atoms with van der Waals surface area (Å²) in [4.78, 5) is 20.7. The SMILES string of the molecule is O=C(Cc1cccc2c1CCN(CC1CC1)C2)N(CCN1CCCC1)Cc1ccccc1. The highest BCUT2D eigenvalue weighted by molar-refractivity contribution is 5.79. The zero-order valence-corrected chi connectivity index (χ0v) is 19.3. The fraction of sp³-hybridized carbons (Fsp3) is 0.536. The summed E-state index contributed by atoms with van der Waals surface area (Å²) in [6.07, 6.45) is 7.01. The number of fused-ring (bicyclic) bond motifs is 1. The molecule has 32 heavy (non-hydrogen) atoms. The Hall–Kier alpha value is -2.17. The molecule has 4 nitrogen and oxygen atoms in total. The molecule has 0 unspecified atom stereocenters. The number of rotatable bonds is 9. The van der Waals surface area contributed by atoms with Crippen LogP contribution < -0.4 is 0 Å². The van der Waals surface area contributed by atoms with E-state index in [-0.39, 0.29) is 5.91 Å². The molecule has 1 saturated heterocycles. The quantitative estimate of drug-likeness (QED) is 0.598. The molecule has 2 aromatic rings. The van der Waals surface area contributed by atoms with E-state index in [1.54, 1.807) is 0 Å². The average Bonchev–Trinajstić information content (AvgIpc) is 3.47. The van der Waals surface area contributed by atoms with Gasteiger partial charge >= 0.3 is 0 Å². The Bertz CT molecular complexity index is 902. The molecule has 2 heterocycles. The van der Waals surface area contributed by atoms with Gasteiger partial charge in [0.2, 0.25) is 5.91 Å². The molecule has 0 bridgehead atoms. The van der Waals surface area contributed by atoms with Gasteiger partial charge in [0.15, 0.2) is 0 Å². The molecule has 3 aliphatic rings. The normalized spacial score (nSPS) is 19.1. The smallest absolute Gasteiger partial charge is 0.227 e. The van der Waals surface area contributed by atoms with Gasteiger partial charge in [0.25, 0.3) is 0 Å². The van der Waals surface area contributed by atoms with E-state index in [2.05, 4.69) is 57.2 Å². The molecule has 0 radical (unpaired) electrons. The van der Waals surface area contributed by atoms with Crippen molar-refractivity contribution in [2.45, 2.75) is 51.6 Å². The van der Waals surface area contributed by atoms with Crippen LogP contribution in [0.3, 0.4) is 0 Å². The van der Waals surface area contributed by atoms with Crippen molar-refractivity contribution in [1.82, 2.24) is 14.7 Å². The molecule has 5 rings (SSSR count). The Kier molecular flexibility index (Phi) is 6.89. The lowest BCUT2D eigenvalue weighted by Crippen LogP contribution is -2.38. The van der Waals surface area contributed by atoms with Gasteiger partial charge < -0.3 is 9.80 Å². The molecule has 1 aliphatic carbocycles. The van der Waals surface area contributed by atoms with Crippen LogP contribution in [0.15, 0.2) is 48.5 Å². The van der Waals surface area contributed by atoms with E-state index in [9.17, 15) is 4.79 Å². The van der Waals surface area contributed by atoms with E-state index < -0.39 is 0 Å². The second kappa shape index (κ2) is 10.2. The largest absolute Gasteiger partial charge is 0.337 e. The molecule has 0 spiro atoms. The maximum absolute atomic E-state index is 13.5. The first-order valence-electron chi connectivity index (χ1n) is 12.6. The summed E-state index contributed by atoms with van der Waals surface area (Å²) in [5, 5.41) is 0. The molecular weight excluding hydrogens is 394 g/mol. The minimum atomic E-state index is 0.266. The van der Waals surface area contributed by atoms with Crippen molar-refractivity contribution < 1.29 is 4.79 Å². The van der Waals surface area contributed by atoms with Crippen LogP contribution in [-0.2, 0) is 30.7 Å². The summed E-state index contributed by atoms with van der Waals surface area (Å²) in [5.41, 5.74) is 5.34. The van der Waals surface area contributed by atoms with Gasteiger partial charge in [0, 0.05) is 39.3 Å². The van der Waals surface area contributed by atoms with Crippen LogP contribution in [0.5, 0.6) is 0 Å². The number of benzene rings is 2. The van der Waals surface area contributed by atoms with Crippen molar-refractivity contribution in [2.24, 2.45) is 5.92 Å². The topological polar surface area (TPSA) is 26.8 Å². The van der Waals surface area contributed by atoms with Gasteiger partial charge in [-0.3, -0.25) is 9.69 Å². The van der Waals surface area contributed by atoms with Crippen molar-refractivity contribution in [1.29, 1.82) is 0 Å². The average molecular weight is 432 g/mol. The molecule has 1 saturated carbocycles. The van der Waals surface area contributed by atoms with Gasteiger partial charge in [0.05, 0.1) is 6.42 Å². The molecule has 170 valence electrons. The summed E-state index contributed by atoms with van der Waals surface area (Å²) in [6.45, 7) is 8.31. The molecule has 2 aromatic carbocycles. The van der Waals surface area contributed by atoms with Crippen LogP contribution in [-0.4, -0.2) is 59.9 Å². The molecule has 0 N–H and O–H groups in total. The lowest BCUT2D eigenvalue weighted by Gasteiger charge is -2.31. The second-order valence-corrected chi connectivity index (χ2v) is 10.0. The van der Waals surface area contributed by atoms with E-state index in [1.807, 2.05) is 6.07 Å². The zero-order valence-electron chi connectivity index (χ0n) is 19.3. The number of carbonyl (C=O) groups excluding carboxylic acids is 1. The summed E-state index contributed by atoms with van der Waals surface area (Å²) in [5.74, 6) is 1.20. The molecule has 4 heteroatoms. The van der Waals surface area contributed by atoms with Crippen LogP contribution in [0.25, 0.3) is 0 Å². The first-order chi connectivity index (χ1) is 15.7. The second-order valence-electron chi connectivity index (χ2n) is 10.0. The van der Waals surface area contributed by atoms with Crippen molar-refractivity contribution >= 4 is 5.91 Å². The third-order valence-electron chi connectivity index (χ3n) is 7.45. The minimum Gasteiger partial charge on any atom is -0.337 e. The third-order valence-corrected chi connectivity index (χ3v) is 7.45. The van der Waals surface area contributed by atoms with E-state index in [0.717, 1.165) is 38.5 Å². The lowest BCUT2D eigenvalue weighted by atomic mass is 9.92. The van der Waals surface area contributed by atoms with E-state index in [0.29, 0.717) is 13.0 Å². The van der Waals surface area contributed by atoms with Crippen LogP contribution >= 0.6 is 0 Å². The predicted molar refractivity (Wildman–Crippen MR) is 129 cm³/mol. The highest BCUT2D eigenvalue weighted by Crippen LogP contribution is 2.32. The van der Waals surface area contributed by atoms with Crippen molar-refractivity contribution in [2.75, 3.05) is 39.3 Å². The van der Waals surface area contributed by atoms with Crippen LogP contribution in [0, 0.1) is 5.92 Å². The zero-order chi connectivity index (χ0) is 21.8.